The summed E-state index contributed by atoms with van der Waals surface area (Å²) in [6.45, 7) is 3.62. The lowest BCUT2D eigenvalue weighted by Gasteiger charge is -2.31. The zero-order chi connectivity index (χ0) is 19.9. The molecule has 0 saturated carbocycles. The van der Waals surface area contributed by atoms with Crippen molar-refractivity contribution in [2.75, 3.05) is 43.9 Å². The monoisotopic (exact) mass is 400 g/mol. The summed E-state index contributed by atoms with van der Waals surface area (Å²) in [6, 6.07) is 11.6. The highest BCUT2D eigenvalue weighted by Crippen LogP contribution is 2.20. The van der Waals surface area contributed by atoms with E-state index in [-0.39, 0.29) is 0 Å². The summed E-state index contributed by atoms with van der Waals surface area (Å²) in [7, 11) is 3.90. The number of amides is 2. The lowest BCUT2D eigenvalue weighted by Crippen LogP contribution is -2.41. The van der Waals surface area contributed by atoms with Crippen LogP contribution in [-0.2, 0) is 16.1 Å². The molecular formula is C21H28N4O2S. The summed E-state index contributed by atoms with van der Waals surface area (Å²) in [5.41, 5.74) is 1.65. The van der Waals surface area contributed by atoms with Crippen LogP contribution in [-0.4, -0.2) is 50.4 Å². The molecule has 6 nitrogen and oxygen atoms in total. The largest absolute Gasteiger partial charge is 0.378 e. The van der Waals surface area contributed by atoms with E-state index in [2.05, 4.69) is 33.0 Å². The Labute approximate surface area is 170 Å². The second-order valence-electron chi connectivity index (χ2n) is 7.40. The molecule has 1 saturated heterocycles. The molecule has 0 aliphatic carbocycles. The summed E-state index contributed by atoms with van der Waals surface area (Å²) in [5, 5.41) is 7.55. The molecule has 1 aliphatic heterocycles. The molecule has 2 amide bonds. The molecule has 7 heteroatoms. The number of carbonyl (C=O) groups excluding carboxylic acids is 2. The maximum Gasteiger partial charge on any atom is 0.313 e. The van der Waals surface area contributed by atoms with Gasteiger partial charge in [0.25, 0.3) is 0 Å². The van der Waals surface area contributed by atoms with Gasteiger partial charge in [-0.25, -0.2) is 0 Å². The van der Waals surface area contributed by atoms with Crippen LogP contribution in [0.25, 0.3) is 0 Å². The van der Waals surface area contributed by atoms with Gasteiger partial charge >= 0.3 is 11.8 Å². The fourth-order valence-corrected chi connectivity index (χ4v) is 4.07. The number of hydrogen-bond donors (Lipinski definition) is 2. The van der Waals surface area contributed by atoms with Crippen molar-refractivity contribution in [1.82, 2.24) is 10.2 Å². The van der Waals surface area contributed by atoms with Gasteiger partial charge in [-0.15, -0.1) is 11.3 Å². The summed E-state index contributed by atoms with van der Waals surface area (Å²) in [6.07, 6.45) is 2.08. The van der Waals surface area contributed by atoms with Crippen molar-refractivity contribution in [3.8, 4) is 0 Å². The molecule has 1 aromatic heterocycles. The number of carbonyl (C=O) groups is 2. The molecule has 0 atom stereocenters. The third-order valence-corrected chi connectivity index (χ3v) is 5.93. The molecule has 0 unspecified atom stereocenters. The highest BCUT2D eigenvalue weighted by Gasteiger charge is 2.21. The van der Waals surface area contributed by atoms with Gasteiger partial charge in [0.2, 0.25) is 0 Å². The van der Waals surface area contributed by atoms with Gasteiger partial charge in [-0.05, 0) is 67.6 Å². The lowest BCUT2D eigenvalue weighted by molar-refractivity contribution is -0.136. The van der Waals surface area contributed by atoms with Gasteiger partial charge in [0.1, 0.15) is 0 Å². The van der Waals surface area contributed by atoms with Crippen LogP contribution in [0.4, 0.5) is 11.4 Å². The van der Waals surface area contributed by atoms with Crippen LogP contribution < -0.4 is 15.5 Å². The van der Waals surface area contributed by atoms with Crippen LogP contribution in [0.1, 0.15) is 17.7 Å². The van der Waals surface area contributed by atoms with Crippen molar-refractivity contribution in [2.24, 2.45) is 5.92 Å². The Bertz CT molecular complexity index is 766. The quantitative estimate of drug-likeness (QED) is 0.732. The van der Waals surface area contributed by atoms with Crippen LogP contribution in [0.2, 0.25) is 0 Å². The van der Waals surface area contributed by atoms with Gasteiger partial charge in [-0.3, -0.25) is 14.5 Å². The van der Waals surface area contributed by atoms with Crippen molar-refractivity contribution in [1.29, 1.82) is 0 Å². The van der Waals surface area contributed by atoms with E-state index >= 15 is 0 Å². The van der Waals surface area contributed by atoms with E-state index in [1.54, 1.807) is 23.5 Å². The topological polar surface area (TPSA) is 64.7 Å². The number of hydrogen-bond acceptors (Lipinski definition) is 5. The second kappa shape index (κ2) is 9.71. The summed E-state index contributed by atoms with van der Waals surface area (Å²) in [5.74, 6) is -0.763. The van der Waals surface area contributed by atoms with Gasteiger partial charge in [-0.1, -0.05) is 6.07 Å². The van der Waals surface area contributed by atoms with Crippen LogP contribution in [0.5, 0.6) is 0 Å². The molecule has 1 aliphatic rings. The Morgan fingerprint density at radius 1 is 1.11 bits per heavy atom. The Morgan fingerprint density at radius 3 is 2.43 bits per heavy atom. The van der Waals surface area contributed by atoms with Crippen LogP contribution in [0, 0.1) is 5.92 Å². The predicted molar refractivity (Wildman–Crippen MR) is 115 cm³/mol. The van der Waals surface area contributed by atoms with E-state index in [9.17, 15) is 9.59 Å². The molecule has 0 spiro atoms. The minimum atomic E-state index is -0.618. The van der Waals surface area contributed by atoms with E-state index in [0.717, 1.165) is 38.2 Å². The van der Waals surface area contributed by atoms with Crippen LogP contribution in [0.3, 0.4) is 0 Å². The SMILES string of the molecule is CN(C)c1ccc(NC(=O)C(=O)NCC2CCN(Cc3cccs3)CC2)cc1. The van der Waals surface area contributed by atoms with Gasteiger partial charge < -0.3 is 15.5 Å². The number of nitrogens with zero attached hydrogens (tertiary/aromatic N) is 2. The van der Waals surface area contributed by atoms with Crippen molar-refractivity contribution in [3.63, 3.8) is 0 Å². The smallest absolute Gasteiger partial charge is 0.313 e. The zero-order valence-corrected chi connectivity index (χ0v) is 17.3. The number of anilines is 2. The van der Waals surface area contributed by atoms with Crippen molar-refractivity contribution < 1.29 is 9.59 Å². The first-order chi connectivity index (χ1) is 13.5. The first-order valence-electron chi connectivity index (χ1n) is 9.62. The average Bonchev–Trinajstić information content (AvgIpc) is 3.20. The number of benzene rings is 1. The Kier molecular flexibility index (Phi) is 7.06. The fraction of sp³-hybridized carbons (Fsp3) is 0.429. The van der Waals surface area contributed by atoms with Gasteiger partial charge in [0.05, 0.1) is 0 Å². The van der Waals surface area contributed by atoms with Gasteiger partial charge in [0.15, 0.2) is 0 Å². The van der Waals surface area contributed by atoms with Crippen molar-refractivity contribution >= 4 is 34.5 Å². The standard InChI is InChI=1S/C21H28N4O2S/c1-24(2)18-7-5-17(6-8-18)23-21(27)20(26)22-14-16-9-11-25(12-10-16)15-19-4-3-13-28-19/h3-8,13,16H,9-12,14-15H2,1-2H3,(H,22,26)(H,23,27). The van der Waals surface area contributed by atoms with Crippen molar-refractivity contribution in [2.45, 2.75) is 19.4 Å². The van der Waals surface area contributed by atoms with Crippen LogP contribution >= 0.6 is 11.3 Å². The normalized spacial score (nSPS) is 15.2. The maximum atomic E-state index is 12.1. The van der Waals surface area contributed by atoms with E-state index in [1.165, 1.54) is 4.88 Å². The molecule has 150 valence electrons. The molecule has 1 fully saturated rings. The molecule has 2 N–H and O–H groups in total. The predicted octanol–water partition coefficient (Wildman–Crippen LogP) is 2.78. The molecule has 2 aromatic rings. The van der Waals surface area contributed by atoms with E-state index < -0.39 is 11.8 Å². The maximum absolute atomic E-state index is 12.1. The molecule has 3 rings (SSSR count). The summed E-state index contributed by atoms with van der Waals surface area (Å²) in [4.78, 5) is 30.0. The molecule has 2 heterocycles. The number of piperidine rings is 1. The van der Waals surface area contributed by atoms with Crippen LogP contribution in [0.15, 0.2) is 41.8 Å². The lowest BCUT2D eigenvalue weighted by atomic mass is 9.97. The average molecular weight is 401 g/mol. The van der Waals surface area contributed by atoms with E-state index in [4.69, 9.17) is 0 Å². The zero-order valence-electron chi connectivity index (χ0n) is 16.5. The highest BCUT2D eigenvalue weighted by atomic mass is 32.1. The summed E-state index contributed by atoms with van der Waals surface area (Å²) < 4.78 is 0. The molecule has 0 radical (unpaired) electrons. The molecule has 1 aromatic carbocycles. The molecular weight excluding hydrogens is 372 g/mol. The first-order valence-corrected chi connectivity index (χ1v) is 10.5. The Hall–Kier alpha value is -2.38. The minimum Gasteiger partial charge on any atom is -0.378 e. The van der Waals surface area contributed by atoms with E-state index in [1.807, 2.05) is 31.1 Å². The second-order valence-corrected chi connectivity index (χ2v) is 8.44. The van der Waals surface area contributed by atoms with E-state index in [0.29, 0.717) is 18.2 Å². The fourth-order valence-electron chi connectivity index (χ4n) is 3.32. The van der Waals surface area contributed by atoms with Crippen molar-refractivity contribution in [3.05, 3.63) is 46.7 Å². The number of likely N-dealkylation sites (tertiary alicyclic amines) is 1. The molecule has 0 bridgehead atoms. The summed E-state index contributed by atoms with van der Waals surface area (Å²) >= 11 is 1.79. The number of thiophene rings is 1. The Balaban J connectivity index is 1.37. The first kappa shape index (κ1) is 20.4. The van der Waals surface area contributed by atoms with Gasteiger partial charge in [-0.2, -0.15) is 0 Å². The molecule has 28 heavy (non-hydrogen) atoms. The minimum absolute atomic E-state index is 0.427. The number of nitrogens with one attached hydrogen (secondary N) is 2. The Morgan fingerprint density at radius 2 is 1.82 bits per heavy atom. The van der Waals surface area contributed by atoms with Gasteiger partial charge in [0, 0.05) is 43.4 Å². The number of rotatable bonds is 6. The highest BCUT2D eigenvalue weighted by molar-refractivity contribution is 7.09. The third kappa shape index (κ3) is 5.81. The third-order valence-electron chi connectivity index (χ3n) is 5.07.